The smallest absolute Gasteiger partial charge is 0.333 e. The molecule has 3 aliphatic carbocycles. The van der Waals surface area contributed by atoms with Gasteiger partial charge in [-0.05, 0) is 69.6 Å². The van der Waals surface area contributed by atoms with Gasteiger partial charge in [-0.15, -0.1) is 0 Å². The molecule has 3 saturated carbocycles. The van der Waals surface area contributed by atoms with Crippen LogP contribution in [-0.2, 0) is 9.53 Å². The van der Waals surface area contributed by atoms with Crippen molar-refractivity contribution in [3.8, 4) is 0 Å². The van der Waals surface area contributed by atoms with Crippen molar-refractivity contribution in [1.29, 1.82) is 0 Å². The molecular weight excluding hydrogens is 272 g/mol. The zero-order chi connectivity index (χ0) is 15.6. The zero-order valence-electron chi connectivity index (χ0n) is 14.3. The normalized spacial score (nSPS) is 27.7. The maximum atomic E-state index is 12.2. The monoisotopic (exact) mass is 304 g/mol. The van der Waals surface area contributed by atoms with Gasteiger partial charge >= 0.3 is 5.97 Å². The Balaban J connectivity index is 1.73. The summed E-state index contributed by atoms with van der Waals surface area (Å²) in [6.45, 7) is 5.56. The summed E-state index contributed by atoms with van der Waals surface area (Å²) in [4.78, 5) is 12.2. The van der Waals surface area contributed by atoms with Crippen LogP contribution in [0.1, 0.15) is 90.4 Å². The molecule has 0 atom stereocenters. The largest absolute Gasteiger partial charge is 0.455 e. The Morgan fingerprint density at radius 2 is 1.50 bits per heavy atom. The van der Waals surface area contributed by atoms with E-state index in [0.29, 0.717) is 16.9 Å². The van der Waals surface area contributed by atoms with Gasteiger partial charge < -0.3 is 4.74 Å². The minimum Gasteiger partial charge on any atom is -0.455 e. The Hall–Kier alpha value is -0.790. The van der Waals surface area contributed by atoms with Crippen LogP contribution in [0, 0.1) is 11.3 Å². The number of hydrogen-bond acceptors (Lipinski definition) is 2. The molecule has 0 heterocycles. The fourth-order valence-electron chi connectivity index (χ4n) is 5.32. The summed E-state index contributed by atoms with van der Waals surface area (Å²) in [5.41, 5.74) is 0.959. The Kier molecular flexibility index (Phi) is 4.66. The van der Waals surface area contributed by atoms with Crippen LogP contribution in [0.15, 0.2) is 12.2 Å². The van der Waals surface area contributed by atoms with E-state index in [1.54, 1.807) is 6.92 Å². The molecule has 1 spiro atoms. The van der Waals surface area contributed by atoms with E-state index in [9.17, 15) is 4.79 Å². The molecule has 2 heteroatoms. The molecule has 0 aromatic heterocycles. The van der Waals surface area contributed by atoms with Crippen molar-refractivity contribution in [3.05, 3.63) is 12.2 Å². The lowest BCUT2D eigenvalue weighted by atomic mass is 9.60. The van der Waals surface area contributed by atoms with Gasteiger partial charge in [-0.1, -0.05) is 38.7 Å². The number of hydrogen-bond donors (Lipinski definition) is 0. The number of esters is 1. The molecule has 3 fully saturated rings. The molecule has 3 rings (SSSR count). The highest BCUT2D eigenvalue weighted by molar-refractivity contribution is 5.87. The second kappa shape index (κ2) is 6.37. The summed E-state index contributed by atoms with van der Waals surface area (Å²) in [5, 5.41) is 0. The molecule has 0 radical (unpaired) electrons. The Morgan fingerprint density at radius 1 is 0.909 bits per heavy atom. The van der Waals surface area contributed by atoms with Gasteiger partial charge in [0.1, 0.15) is 5.60 Å². The first-order valence-corrected chi connectivity index (χ1v) is 9.44. The highest BCUT2D eigenvalue weighted by Gasteiger charge is 2.49. The first-order chi connectivity index (χ1) is 10.6. The summed E-state index contributed by atoms with van der Waals surface area (Å²) < 4.78 is 6.12. The molecule has 0 saturated heterocycles. The van der Waals surface area contributed by atoms with Crippen LogP contribution in [0.2, 0.25) is 0 Å². The summed E-state index contributed by atoms with van der Waals surface area (Å²) in [6, 6.07) is 0. The third kappa shape index (κ3) is 3.12. The second-order valence-electron chi connectivity index (χ2n) is 8.28. The standard InChI is InChI=1S/C20H32O2/c1-16(2)18(21)22-20(17-8-4-5-9-17)14-12-19(13-15-20)10-6-3-7-11-19/h17H,1,3-15H2,2H3. The van der Waals surface area contributed by atoms with E-state index >= 15 is 0 Å². The van der Waals surface area contributed by atoms with Gasteiger partial charge in [0.05, 0.1) is 0 Å². The summed E-state index contributed by atoms with van der Waals surface area (Å²) in [7, 11) is 0. The maximum Gasteiger partial charge on any atom is 0.333 e. The minimum absolute atomic E-state index is 0.161. The van der Waals surface area contributed by atoms with Crippen molar-refractivity contribution in [3.63, 3.8) is 0 Å². The Labute approximate surface area is 135 Å². The minimum atomic E-state index is -0.171. The molecule has 0 N–H and O–H groups in total. The van der Waals surface area contributed by atoms with E-state index in [1.807, 2.05) is 0 Å². The molecular formula is C20H32O2. The predicted octanol–water partition coefficient (Wildman–Crippen LogP) is 5.56. The van der Waals surface area contributed by atoms with E-state index in [-0.39, 0.29) is 11.6 Å². The third-order valence-electron chi connectivity index (χ3n) is 6.81. The van der Waals surface area contributed by atoms with E-state index in [2.05, 4.69) is 6.58 Å². The zero-order valence-corrected chi connectivity index (χ0v) is 14.3. The summed E-state index contributed by atoms with van der Waals surface area (Å²) in [6.07, 6.45) is 16.9. The molecule has 0 amide bonds. The van der Waals surface area contributed by atoms with Crippen molar-refractivity contribution in [1.82, 2.24) is 0 Å². The van der Waals surface area contributed by atoms with Crippen molar-refractivity contribution >= 4 is 5.97 Å². The molecule has 0 bridgehead atoms. The first kappa shape index (κ1) is 16.1. The molecule has 0 aromatic rings. The van der Waals surface area contributed by atoms with Gasteiger partial charge in [-0.25, -0.2) is 4.79 Å². The van der Waals surface area contributed by atoms with Gasteiger partial charge in [-0.2, -0.15) is 0 Å². The fourth-order valence-corrected chi connectivity index (χ4v) is 5.32. The van der Waals surface area contributed by atoms with E-state index in [4.69, 9.17) is 4.74 Å². The predicted molar refractivity (Wildman–Crippen MR) is 89.6 cm³/mol. The molecule has 124 valence electrons. The number of carbonyl (C=O) groups excluding carboxylic acids is 1. The first-order valence-electron chi connectivity index (χ1n) is 9.44. The highest BCUT2D eigenvalue weighted by atomic mass is 16.6. The second-order valence-corrected chi connectivity index (χ2v) is 8.28. The van der Waals surface area contributed by atoms with E-state index < -0.39 is 0 Å². The molecule has 2 nitrogen and oxygen atoms in total. The van der Waals surface area contributed by atoms with Gasteiger partial charge in [0.25, 0.3) is 0 Å². The number of rotatable bonds is 3. The average molecular weight is 304 g/mol. The van der Waals surface area contributed by atoms with Crippen LogP contribution in [0.25, 0.3) is 0 Å². The third-order valence-corrected chi connectivity index (χ3v) is 6.81. The van der Waals surface area contributed by atoms with Crippen molar-refractivity contribution in [2.45, 2.75) is 96.0 Å². The van der Waals surface area contributed by atoms with Crippen LogP contribution in [0.4, 0.5) is 0 Å². The van der Waals surface area contributed by atoms with Gasteiger partial charge in [0.15, 0.2) is 0 Å². The Morgan fingerprint density at radius 3 is 2.05 bits per heavy atom. The van der Waals surface area contributed by atoms with Crippen molar-refractivity contribution in [2.24, 2.45) is 11.3 Å². The summed E-state index contributed by atoms with van der Waals surface area (Å²) in [5.74, 6) is 0.434. The average Bonchev–Trinajstić information content (AvgIpc) is 3.06. The van der Waals surface area contributed by atoms with Crippen LogP contribution in [0.3, 0.4) is 0 Å². The van der Waals surface area contributed by atoms with E-state index in [0.717, 1.165) is 12.8 Å². The van der Waals surface area contributed by atoms with Gasteiger partial charge in [0, 0.05) is 5.57 Å². The lowest BCUT2D eigenvalue weighted by molar-refractivity contribution is -0.171. The summed E-state index contributed by atoms with van der Waals surface area (Å²) >= 11 is 0. The lowest BCUT2D eigenvalue weighted by Gasteiger charge is -2.50. The van der Waals surface area contributed by atoms with Gasteiger partial charge in [-0.3, -0.25) is 0 Å². The highest BCUT2D eigenvalue weighted by Crippen LogP contribution is 2.54. The maximum absolute atomic E-state index is 12.2. The molecule has 0 unspecified atom stereocenters. The van der Waals surface area contributed by atoms with Crippen LogP contribution in [0.5, 0.6) is 0 Å². The number of ether oxygens (including phenoxy) is 1. The molecule has 0 aliphatic heterocycles. The quantitative estimate of drug-likeness (QED) is 0.504. The Bertz CT molecular complexity index is 415. The van der Waals surface area contributed by atoms with Crippen molar-refractivity contribution < 1.29 is 9.53 Å². The van der Waals surface area contributed by atoms with E-state index in [1.165, 1.54) is 70.6 Å². The molecule has 3 aliphatic rings. The SMILES string of the molecule is C=C(C)C(=O)OC1(C2CCCC2)CCC2(CCCCC2)CC1. The van der Waals surface area contributed by atoms with Crippen LogP contribution < -0.4 is 0 Å². The number of carbonyl (C=O) groups is 1. The molecule has 0 aromatic carbocycles. The van der Waals surface area contributed by atoms with Crippen LogP contribution >= 0.6 is 0 Å². The fraction of sp³-hybridized carbons (Fsp3) is 0.850. The molecule has 22 heavy (non-hydrogen) atoms. The van der Waals surface area contributed by atoms with Crippen molar-refractivity contribution in [2.75, 3.05) is 0 Å². The lowest BCUT2D eigenvalue weighted by Crippen LogP contribution is -2.47. The van der Waals surface area contributed by atoms with Gasteiger partial charge in [0.2, 0.25) is 0 Å². The topological polar surface area (TPSA) is 26.3 Å². The van der Waals surface area contributed by atoms with Crippen LogP contribution in [-0.4, -0.2) is 11.6 Å².